The van der Waals surface area contributed by atoms with Crippen molar-refractivity contribution in [1.82, 2.24) is 14.8 Å². The zero-order valence-electron chi connectivity index (χ0n) is 19.1. The summed E-state index contributed by atoms with van der Waals surface area (Å²) in [5, 5.41) is 6.76. The number of aryl methyl sites for hydroxylation is 1. The molecular weight excluding hydrogens is 537 g/mol. The van der Waals surface area contributed by atoms with Crippen molar-refractivity contribution in [3.8, 4) is 0 Å². The molecule has 0 atom stereocenters. The number of carbonyl (C=O) groups excluding carboxylic acids is 1. The SMILES string of the molecule is Cc1noc(/C=C/c2ccccc2F)c1S(=O)(=O)N1CCC(C(=O)NCc2ccc(Br)cc2)CC1. The Morgan fingerprint density at radius 3 is 2.54 bits per heavy atom. The number of carbonyl (C=O) groups is 1. The lowest BCUT2D eigenvalue weighted by atomic mass is 9.97. The van der Waals surface area contributed by atoms with Crippen LogP contribution in [-0.4, -0.2) is 36.9 Å². The molecule has 184 valence electrons. The summed E-state index contributed by atoms with van der Waals surface area (Å²) < 4.78 is 48.3. The van der Waals surface area contributed by atoms with E-state index < -0.39 is 15.8 Å². The van der Waals surface area contributed by atoms with Crippen molar-refractivity contribution < 1.29 is 22.1 Å². The van der Waals surface area contributed by atoms with E-state index in [2.05, 4.69) is 26.4 Å². The van der Waals surface area contributed by atoms with Crippen LogP contribution in [-0.2, 0) is 21.4 Å². The van der Waals surface area contributed by atoms with E-state index >= 15 is 0 Å². The molecule has 1 aromatic heterocycles. The lowest BCUT2D eigenvalue weighted by Gasteiger charge is -2.30. The molecular formula is C25H25BrFN3O4S. The zero-order chi connectivity index (χ0) is 25.0. The zero-order valence-corrected chi connectivity index (χ0v) is 21.5. The highest BCUT2D eigenvalue weighted by molar-refractivity contribution is 9.10. The summed E-state index contributed by atoms with van der Waals surface area (Å²) in [5.41, 5.74) is 1.52. The van der Waals surface area contributed by atoms with E-state index in [-0.39, 0.29) is 41.3 Å². The average molecular weight is 562 g/mol. The van der Waals surface area contributed by atoms with Crippen LogP contribution in [0.25, 0.3) is 12.2 Å². The molecule has 7 nitrogen and oxygen atoms in total. The highest BCUT2D eigenvalue weighted by Gasteiger charge is 2.35. The molecule has 1 aliphatic heterocycles. The minimum absolute atomic E-state index is 0.0387. The second-order valence-electron chi connectivity index (χ2n) is 8.34. The molecule has 0 saturated carbocycles. The maximum atomic E-state index is 13.9. The predicted molar refractivity (Wildman–Crippen MR) is 134 cm³/mol. The standard InChI is InChI=1S/C25H25BrFN3O4S/c1-17-24(23(34-29-17)11-8-19-4-2-3-5-22(19)27)35(32,33)30-14-12-20(13-15-30)25(31)28-16-18-6-9-21(26)10-7-18/h2-11,20H,12-16H2,1H3,(H,28,31)/b11-8+. The van der Waals surface area contributed by atoms with Crippen molar-refractivity contribution in [2.45, 2.75) is 31.2 Å². The third-order valence-corrected chi connectivity index (χ3v) is 8.54. The number of piperidine rings is 1. The lowest BCUT2D eigenvalue weighted by Crippen LogP contribution is -2.43. The van der Waals surface area contributed by atoms with Gasteiger partial charge in [0.2, 0.25) is 15.9 Å². The van der Waals surface area contributed by atoms with Gasteiger partial charge in [0.15, 0.2) is 10.7 Å². The number of aromatic nitrogens is 1. The molecule has 0 bridgehead atoms. The Kier molecular flexibility index (Phi) is 7.83. The van der Waals surface area contributed by atoms with Crippen molar-refractivity contribution in [2.75, 3.05) is 13.1 Å². The first-order valence-corrected chi connectivity index (χ1v) is 13.4. The van der Waals surface area contributed by atoms with Gasteiger partial charge >= 0.3 is 0 Å². The summed E-state index contributed by atoms with van der Waals surface area (Å²) in [6.45, 7) is 2.39. The Morgan fingerprint density at radius 2 is 1.86 bits per heavy atom. The molecule has 1 N–H and O–H groups in total. The number of nitrogens with zero attached hydrogens (tertiary/aromatic N) is 2. The monoisotopic (exact) mass is 561 g/mol. The Bertz CT molecular complexity index is 1330. The van der Waals surface area contributed by atoms with Crippen LogP contribution in [0.15, 0.2) is 62.4 Å². The van der Waals surface area contributed by atoms with Gasteiger partial charge in [-0.2, -0.15) is 4.31 Å². The molecule has 10 heteroatoms. The Balaban J connectivity index is 1.41. The number of benzene rings is 2. The van der Waals surface area contributed by atoms with Gasteiger partial charge in [-0.15, -0.1) is 0 Å². The molecule has 0 aliphatic carbocycles. The highest BCUT2D eigenvalue weighted by Crippen LogP contribution is 2.29. The minimum atomic E-state index is -3.91. The predicted octanol–water partition coefficient (Wildman–Crippen LogP) is 4.77. The summed E-state index contributed by atoms with van der Waals surface area (Å²) >= 11 is 3.39. The average Bonchev–Trinajstić information content (AvgIpc) is 3.24. The second kappa shape index (κ2) is 10.8. The van der Waals surface area contributed by atoms with Crippen LogP contribution in [0.1, 0.15) is 35.4 Å². The number of amides is 1. The number of hydrogen-bond donors (Lipinski definition) is 1. The minimum Gasteiger partial charge on any atom is -0.355 e. The van der Waals surface area contributed by atoms with Crippen molar-refractivity contribution in [3.05, 3.63) is 81.4 Å². The van der Waals surface area contributed by atoms with Crippen molar-refractivity contribution >= 4 is 44.0 Å². The van der Waals surface area contributed by atoms with Crippen molar-refractivity contribution in [1.29, 1.82) is 0 Å². The fraction of sp³-hybridized carbons (Fsp3) is 0.280. The lowest BCUT2D eigenvalue weighted by molar-refractivity contribution is -0.126. The smallest absolute Gasteiger partial charge is 0.248 e. The van der Waals surface area contributed by atoms with Crippen LogP contribution in [0, 0.1) is 18.7 Å². The fourth-order valence-electron chi connectivity index (χ4n) is 4.00. The maximum absolute atomic E-state index is 13.9. The van der Waals surface area contributed by atoms with E-state index in [4.69, 9.17) is 4.52 Å². The van der Waals surface area contributed by atoms with Gasteiger partial charge in [-0.25, -0.2) is 12.8 Å². The van der Waals surface area contributed by atoms with Gasteiger partial charge in [0.25, 0.3) is 0 Å². The van der Waals surface area contributed by atoms with E-state index in [1.54, 1.807) is 25.1 Å². The van der Waals surface area contributed by atoms with E-state index in [0.717, 1.165) is 10.0 Å². The number of rotatable bonds is 7. The highest BCUT2D eigenvalue weighted by atomic mass is 79.9. The maximum Gasteiger partial charge on any atom is 0.248 e. The Morgan fingerprint density at radius 1 is 1.17 bits per heavy atom. The van der Waals surface area contributed by atoms with Crippen LogP contribution in [0.2, 0.25) is 0 Å². The van der Waals surface area contributed by atoms with Gasteiger partial charge in [-0.05, 0) is 55.7 Å². The summed E-state index contributed by atoms with van der Waals surface area (Å²) in [6, 6.07) is 13.8. The Labute approximate surface area is 212 Å². The van der Waals surface area contributed by atoms with Gasteiger partial charge in [0.1, 0.15) is 11.5 Å². The van der Waals surface area contributed by atoms with E-state index in [1.807, 2.05) is 24.3 Å². The molecule has 0 spiro atoms. The number of sulfonamides is 1. The van der Waals surface area contributed by atoms with Crippen LogP contribution < -0.4 is 5.32 Å². The Hall–Kier alpha value is -2.82. The van der Waals surface area contributed by atoms with Gasteiger partial charge in [0, 0.05) is 35.6 Å². The first-order valence-electron chi connectivity index (χ1n) is 11.2. The molecule has 0 unspecified atom stereocenters. The summed E-state index contributed by atoms with van der Waals surface area (Å²) in [4.78, 5) is 12.6. The molecule has 1 fully saturated rings. The number of nitrogens with one attached hydrogen (secondary N) is 1. The van der Waals surface area contributed by atoms with Crippen molar-refractivity contribution in [3.63, 3.8) is 0 Å². The molecule has 35 heavy (non-hydrogen) atoms. The van der Waals surface area contributed by atoms with Gasteiger partial charge in [-0.3, -0.25) is 4.79 Å². The third-order valence-electron chi connectivity index (χ3n) is 5.96. The normalized spacial score (nSPS) is 15.5. The fourth-order valence-corrected chi connectivity index (χ4v) is 5.98. The molecule has 1 saturated heterocycles. The number of halogens is 2. The third kappa shape index (κ3) is 5.88. The van der Waals surface area contributed by atoms with Crippen molar-refractivity contribution in [2.24, 2.45) is 5.92 Å². The van der Waals surface area contributed by atoms with Gasteiger partial charge < -0.3 is 9.84 Å². The van der Waals surface area contributed by atoms with Gasteiger partial charge in [-0.1, -0.05) is 51.4 Å². The van der Waals surface area contributed by atoms with Crippen LogP contribution in [0.4, 0.5) is 4.39 Å². The molecule has 2 aromatic carbocycles. The quantitative estimate of drug-likeness (QED) is 0.448. The molecule has 2 heterocycles. The molecule has 1 aliphatic rings. The first kappa shape index (κ1) is 25.3. The van der Waals surface area contributed by atoms with Crippen LogP contribution in [0.5, 0.6) is 0 Å². The van der Waals surface area contributed by atoms with Crippen LogP contribution in [0.3, 0.4) is 0 Å². The topological polar surface area (TPSA) is 92.5 Å². The van der Waals surface area contributed by atoms with E-state index in [1.165, 1.54) is 22.5 Å². The summed E-state index contributed by atoms with van der Waals surface area (Å²) in [5.74, 6) is -0.731. The van der Waals surface area contributed by atoms with Gasteiger partial charge in [0.05, 0.1) is 0 Å². The molecule has 4 rings (SSSR count). The van der Waals surface area contributed by atoms with Crippen LogP contribution >= 0.6 is 15.9 Å². The summed E-state index contributed by atoms with van der Waals surface area (Å²) in [6.07, 6.45) is 3.69. The molecule has 0 radical (unpaired) electrons. The number of hydrogen-bond acceptors (Lipinski definition) is 5. The van der Waals surface area contributed by atoms with E-state index in [0.29, 0.717) is 24.9 Å². The van der Waals surface area contributed by atoms with E-state index in [9.17, 15) is 17.6 Å². The first-order chi connectivity index (χ1) is 16.8. The molecule has 3 aromatic rings. The summed E-state index contributed by atoms with van der Waals surface area (Å²) in [7, 11) is -3.91. The largest absolute Gasteiger partial charge is 0.355 e. The molecule has 1 amide bonds. The second-order valence-corrected chi connectivity index (χ2v) is 11.1.